The lowest BCUT2D eigenvalue weighted by Gasteiger charge is -2.40. The number of aliphatic hydroxyl groups excluding tert-OH is 1. The maximum absolute atomic E-state index is 14.5. The zero-order chi connectivity index (χ0) is 33.6. The molecule has 0 aromatic heterocycles. The highest BCUT2D eigenvalue weighted by molar-refractivity contribution is 9.09. The van der Waals surface area contributed by atoms with E-state index in [2.05, 4.69) is 34.4 Å². The molecule has 0 radical (unpaired) electrons. The molecule has 0 aliphatic carbocycles. The Labute approximate surface area is 280 Å². The topological polar surface area (TPSA) is 125 Å². The van der Waals surface area contributed by atoms with Crippen molar-refractivity contribution < 1.29 is 33.8 Å². The van der Waals surface area contributed by atoms with Crippen molar-refractivity contribution in [2.24, 2.45) is 17.8 Å². The number of nitrogens with one attached hydrogen (secondary N) is 1. The number of amides is 3. The summed E-state index contributed by atoms with van der Waals surface area (Å²) >= 11 is 3.71. The number of hydrogen-bond acceptors (Lipinski definition) is 7. The number of unbranched alkanes of at least 4 members (excludes halogenated alkanes) is 1. The summed E-state index contributed by atoms with van der Waals surface area (Å²) in [4.78, 5) is 58.5. The third kappa shape index (κ3) is 6.96. The summed E-state index contributed by atoms with van der Waals surface area (Å²) in [7, 11) is 0. The van der Waals surface area contributed by atoms with E-state index in [4.69, 9.17) is 9.47 Å². The molecule has 8 atom stereocenters. The van der Waals surface area contributed by atoms with Crippen molar-refractivity contribution in [2.45, 2.75) is 87.6 Å². The van der Waals surface area contributed by atoms with E-state index in [0.29, 0.717) is 31.5 Å². The normalized spacial score (nSPS) is 27.7. The van der Waals surface area contributed by atoms with Crippen molar-refractivity contribution in [2.75, 3.05) is 26.2 Å². The number of hydrogen-bond donors (Lipinski definition) is 2. The molecule has 1 aromatic rings. The smallest absolute Gasteiger partial charge is 0.313 e. The van der Waals surface area contributed by atoms with Crippen molar-refractivity contribution in [3.05, 3.63) is 61.2 Å². The summed E-state index contributed by atoms with van der Waals surface area (Å²) in [6, 6.07) is 7.43. The van der Waals surface area contributed by atoms with Crippen molar-refractivity contribution >= 4 is 39.6 Å². The number of nitrogens with zero attached hydrogens (tertiary/aromatic N) is 2. The molecule has 11 heteroatoms. The van der Waals surface area contributed by atoms with Gasteiger partial charge in [-0.1, -0.05) is 85.6 Å². The molecule has 2 bridgehead atoms. The van der Waals surface area contributed by atoms with Crippen LogP contribution in [0.15, 0.2) is 55.6 Å². The molecule has 3 aliphatic heterocycles. The van der Waals surface area contributed by atoms with Gasteiger partial charge in [0.25, 0.3) is 0 Å². The second-order valence-corrected chi connectivity index (χ2v) is 14.0. The molecular formula is C35H48BrN3O7. The maximum atomic E-state index is 14.5. The molecule has 46 heavy (non-hydrogen) atoms. The largest absolute Gasteiger partial charge is 0.455 e. The minimum atomic E-state index is -1.29. The summed E-state index contributed by atoms with van der Waals surface area (Å²) in [5.41, 5.74) is -0.594. The number of benzene rings is 1. The Morgan fingerprint density at radius 3 is 2.57 bits per heavy atom. The maximum Gasteiger partial charge on any atom is 0.313 e. The van der Waals surface area contributed by atoms with Gasteiger partial charge in [0.05, 0.1) is 37.1 Å². The van der Waals surface area contributed by atoms with Gasteiger partial charge < -0.3 is 29.7 Å². The highest BCUT2D eigenvalue weighted by Crippen LogP contribution is 2.61. The van der Waals surface area contributed by atoms with Crippen LogP contribution in [0.1, 0.15) is 64.5 Å². The van der Waals surface area contributed by atoms with Gasteiger partial charge in [-0.2, -0.15) is 0 Å². The summed E-state index contributed by atoms with van der Waals surface area (Å²) in [5, 5.41) is 13.3. The van der Waals surface area contributed by atoms with Crippen LogP contribution in [0.5, 0.6) is 0 Å². The number of ether oxygens (including phenoxy) is 2. The van der Waals surface area contributed by atoms with Crippen LogP contribution in [0.3, 0.4) is 0 Å². The third-order valence-electron chi connectivity index (χ3n) is 9.48. The molecule has 3 saturated heterocycles. The molecule has 252 valence electrons. The van der Waals surface area contributed by atoms with Crippen molar-refractivity contribution in [1.82, 2.24) is 15.1 Å². The van der Waals surface area contributed by atoms with E-state index in [1.165, 1.54) is 4.90 Å². The van der Waals surface area contributed by atoms with Crippen LogP contribution in [0, 0.1) is 17.8 Å². The first kappa shape index (κ1) is 35.8. The number of esters is 1. The van der Waals surface area contributed by atoms with Gasteiger partial charge in [-0.25, -0.2) is 0 Å². The van der Waals surface area contributed by atoms with E-state index < -0.39 is 53.6 Å². The average molecular weight is 703 g/mol. The van der Waals surface area contributed by atoms with Gasteiger partial charge in [0.15, 0.2) is 0 Å². The molecule has 3 heterocycles. The number of halogens is 1. The predicted octanol–water partition coefficient (Wildman–Crippen LogP) is 3.93. The van der Waals surface area contributed by atoms with Crippen LogP contribution in [-0.2, 0) is 28.7 Å². The fourth-order valence-corrected chi connectivity index (χ4v) is 8.15. The number of carbonyl (C=O) groups excluding carboxylic acids is 4. The minimum absolute atomic E-state index is 0.0482. The molecule has 2 N–H and O–H groups in total. The summed E-state index contributed by atoms with van der Waals surface area (Å²) in [6.45, 7) is 13.8. The van der Waals surface area contributed by atoms with Crippen molar-refractivity contribution in [3.8, 4) is 0 Å². The zero-order valence-corrected chi connectivity index (χ0v) is 28.7. The first-order chi connectivity index (χ1) is 22.1. The lowest BCUT2D eigenvalue weighted by molar-refractivity contribution is -0.161. The molecule has 3 aliphatic rings. The Kier molecular flexibility index (Phi) is 12.2. The van der Waals surface area contributed by atoms with Crippen molar-refractivity contribution in [3.63, 3.8) is 0 Å². The van der Waals surface area contributed by atoms with E-state index in [1.807, 2.05) is 51.1 Å². The van der Waals surface area contributed by atoms with E-state index in [9.17, 15) is 24.3 Å². The fourth-order valence-electron chi connectivity index (χ4n) is 7.20. The lowest BCUT2D eigenvalue weighted by atomic mass is 9.70. The van der Waals surface area contributed by atoms with Crippen molar-refractivity contribution in [1.29, 1.82) is 0 Å². The quantitative estimate of drug-likeness (QED) is 0.143. The standard InChI is InChI=1S/C35H48BrN3O7/c1-6-9-16-27(41)37-20-26(23-14-12-11-13-15-23)45-34(44)28-29-32(42)39(25(21-40)22(4)5)31(35(29)19-24(36)30(28)46-35)33(43)38(17-8-3)18-10-7-2/h6,8,11-15,22,24-26,28-31,40H,1,3,7,9-10,16-21H2,2,4-5H3,(H,37,41)/t24?,25-,26-,28+,29-,30+,31+,35-/m0/s1. The Balaban J connectivity index is 1.70. The zero-order valence-electron chi connectivity index (χ0n) is 27.1. The number of alkyl halides is 1. The van der Waals surface area contributed by atoms with Crippen LogP contribution in [0.25, 0.3) is 0 Å². The monoisotopic (exact) mass is 701 g/mol. The van der Waals surface area contributed by atoms with Gasteiger partial charge >= 0.3 is 5.97 Å². The van der Waals surface area contributed by atoms with Gasteiger partial charge in [0.2, 0.25) is 17.7 Å². The number of allylic oxidation sites excluding steroid dienone is 1. The highest BCUT2D eigenvalue weighted by atomic mass is 79.9. The Bertz CT molecular complexity index is 1280. The summed E-state index contributed by atoms with van der Waals surface area (Å²) < 4.78 is 12.8. The lowest BCUT2D eigenvalue weighted by Crippen LogP contribution is -2.60. The molecule has 3 fully saturated rings. The number of likely N-dealkylation sites (tertiary alicyclic amines) is 1. The van der Waals surface area contributed by atoms with E-state index >= 15 is 0 Å². The van der Waals surface area contributed by atoms with E-state index in [-0.39, 0.29) is 42.1 Å². The van der Waals surface area contributed by atoms with Gasteiger partial charge in [0, 0.05) is 24.3 Å². The molecule has 1 unspecified atom stereocenters. The molecule has 0 saturated carbocycles. The average Bonchev–Trinajstić information content (AvgIpc) is 3.63. The Morgan fingerprint density at radius 2 is 1.96 bits per heavy atom. The highest BCUT2D eigenvalue weighted by Gasteiger charge is 2.77. The molecule has 1 spiro atoms. The molecular weight excluding hydrogens is 654 g/mol. The number of rotatable bonds is 17. The Hall–Kier alpha value is -3.02. The van der Waals surface area contributed by atoms with Crippen LogP contribution in [-0.4, -0.2) is 93.5 Å². The van der Waals surface area contributed by atoms with Crippen LogP contribution in [0.4, 0.5) is 0 Å². The van der Waals surface area contributed by atoms with Crippen LogP contribution < -0.4 is 5.32 Å². The molecule has 1 aromatic carbocycles. The van der Waals surface area contributed by atoms with E-state index in [0.717, 1.165) is 12.8 Å². The number of carbonyl (C=O) groups is 4. The SMILES string of the molecule is C=CCCC(=O)NC[C@H](OC(=O)[C@H]1[C@@H]2O[C@@]3(CC2Br)[C@@H]1C(=O)N([C@@H](CO)C(C)C)[C@@H]3C(=O)N(CC=C)CCCC)c1ccccc1. The van der Waals surface area contributed by atoms with E-state index in [1.54, 1.807) is 17.1 Å². The Morgan fingerprint density at radius 1 is 1.24 bits per heavy atom. The van der Waals surface area contributed by atoms with Gasteiger partial charge in [-0.05, 0) is 30.7 Å². The third-order valence-corrected chi connectivity index (χ3v) is 10.3. The predicted molar refractivity (Wildman–Crippen MR) is 178 cm³/mol. The number of fused-ring (bicyclic) bond motifs is 1. The minimum Gasteiger partial charge on any atom is -0.455 e. The first-order valence-corrected chi connectivity index (χ1v) is 17.2. The molecule has 3 amide bonds. The van der Waals surface area contributed by atoms with Gasteiger partial charge in [0.1, 0.15) is 17.7 Å². The van der Waals surface area contributed by atoms with Crippen LogP contribution in [0.2, 0.25) is 0 Å². The van der Waals surface area contributed by atoms with Gasteiger partial charge in [-0.15, -0.1) is 13.2 Å². The summed E-state index contributed by atoms with van der Waals surface area (Å²) in [6.07, 6.45) is 4.59. The second kappa shape index (κ2) is 15.7. The number of aliphatic hydroxyl groups is 1. The fraction of sp³-hybridized carbons (Fsp3) is 0.600. The second-order valence-electron chi connectivity index (χ2n) is 12.8. The molecule has 10 nitrogen and oxygen atoms in total. The van der Waals surface area contributed by atoms with Crippen LogP contribution >= 0.6 is 15.9 Å². The first-order valence-electron chi connectivity index (χ1n) is 16.3. The van der Waals surface area contributed by atoms with Gasteiger partial charge in [-0.3, -0.25) is 19.2 Å². The summed E-state index contributed by atoms with van der Waals surface area (Å²) in [5.74, 6) is -3.63. The molecule has 4 rings (SSSR count).